The minimum absolute atomic E-state index is 0.0391. The van der Waals surface area contributed by atoms with Crippen LogP contribution < -0.4 is 16.4 Å². The number of aliphatic hydroxyl groups excluding tert-OH is 1. The van der Waals surface area contributed by atoms with Crippen LogP contribution in [0.25, 0.3) is 22.4 Å². The predicted octanol–water partition coefficient (Wildman–Crippen LogP) is 3.32. The van der Waals surface area contributed by atoms with Gasteiger partial charge >= 0.3 is 0 Å². The molecule has 0 radical (unpaired) electrons. The maximum absolute atomic E-state index is 14.5. The van der Waals surface area contributed by atoms with E-state index in [9.17, 15) is 14.3 Å². The molecule has 33 heavy (non-hydrogen) atoms. The molecule has 0 saturated carbocycles. The van der Waals surface area contributed by atoms with Gasteiger partial charge in [-0.3, -0.25) is 9.78 Å². The number of hydrogen-bond acceptors (Lipinski definition) is 8. The third kappa shape index (κ3) is 4.97. The first kappa shape index (κ1) is 22.3. The molecule has 0 fully saturated rings. The molecular weight excluding hydrogens is 449 g/mol. The Morgan fingerprint density at radius 2 is 2.03 bits per heavy atom. The topological polar surface area (TPSA) is 139 Å². The Bertz CT molecular complexity index is 1350. The highest BCUT2D eigenvalue weighted by atomic mass is 35.5. The number of nitrogens with zero attached hydrogens (tertiary/aromatic N) is 4. The molecule has 0 aliphatic carbocycles. The van der Waals surface area contributed by atoms with Crippen molar-refractivity contribution in [1.82, 2.24) is 25.3 Å². The van der Waals surface area contributed by atoms with Crippen LogP contribution in [-0.4, -0.2) is 43.6 Å². The van der Waals surface area contributed by atoms with Crippen LogP contribution in [-0.2, 0) is 0 Å². The fourth-order valence-electron chi connectivity index (χ4n) is 3.06. The van der Waals surface area contributed by atoms with Gasteiger partial charge in [-0.25, -0.2) is 19.3 Å². The van der Waals surface area contributed by atoms with Gasteiger partial charge in [0.05, 0.1) is 28.3 Å². The van der Waals surface area contributed by atoms with Gasteiger partial charge in [0.15, 0.2) is 11.5 Å². The van der Waals surface area contributed by atoms with Gasteiger partial charge in [-0.1, -0.05) is 11.6 Å². The van der Waals surface area contributed by atoms with Crippen molar-refractivity contribution in [3.8, 4) is 11.4 Å². The van der Waals surface area contributed by atoms with E-state index < -0.39 is 17.8 Å². The maximum atomic E-state index is 14.5. The number of carbonyl (C=O) groups is 1. The normalized spacial score (nSPS) is 11.9. The van der Waals surface area contributed by atoms with Gasteiger partial charge in [0.2, 0.25) is 0 Å². The minimum Gasteiger partial charge on any atom is -0.392 e. The van der Waals surface area contributed by atoms with Crippen LogP contribution in [0.1, 0.15) is 17.3 Å². The molecule has 9 nitrogen and oxygen atoms in total. The largest absolute Gasteiger partial charge is 0.392 e. The summed E-state index contributed by atoms with van der Waals surface area (Å²) in [7, 11) is 0. The molecule has 3 aromatic heterocycles. The molecule has 0 aliphatic heterocycles. The lowest BCUT2D eigenvalue weighted by atomic mass is 10.1. The summed E-state index contributed by atoms with van der Waals surface area (Å²) in [5.41, 5.74) is 6.76. The molecule has 0 saturated heterocycles. The molecule has 5 N–H and O–H groups in total. The second kappa shape index (κ2) is 9.31. The van der Waals surface area contributed by atoms with Crippen molar-refractivity contribution in [1.29, 1.82) is 0 Å². The number of anilines is 3. The molecule has 4 aromatic rings. The number of aliphatic hydroxyl groups is 1. The fourth-order valence-corrected chi connectivity index (χ4v) is 3.23. The zero-order valence-electron chi connectivity index (χ0n) is 17.4. The van der Waals surface area contributed by atoms with Gasteiger partial charge in [0.1, 0.15) is 17.5 Å². The molecule has 1 atom stereocenters. The van der Waals surface area contributed by atoms with Gasteiger partial charge in [-0.15, -0.1) is 0 Å². The minimum atomic E-state index is -0.709. The second-order valence-corrected chi connectivity index (χ2v) is 7.67. The quantitative estimate of drug-likeness (QED) is 0.338. The maximum Gasteiger partial charge on any atom is 0.255 e. The van der Waals surface area contributed by atoms with Crippen LogP contribution in [0.3, 0.4) is 0 Å². The number of pyridine rings is 2. The highest BCUT2D eigenvalue weighted by molar-refractivity contribution is 6.30. The standard InChI is InChI=1S/C22H19ClFN7O2/c1-11(32)9-27-22(33)15-10-26-7-6-17(15)28-19-13-3-5-18(25)29-20(13)31-21(30-19)14-8-12(23)2-4-16(14)24/h2-8,10-11,32H,9H2,1H3,(H,27,33)(H3,25,26,28,29,30,31)/t11-/m0/s1. The summed E-state index contributed by atoms with van der Waals surface area (Å²) in [6.45, 7) is 1.63. The zero-order valence-corrected chi connectivity index (χ0v) is 18.1. The Hall–Kier alpha value is -3.89. The number of hydrogen-bond donors (Lipinski definition) is 4. The molecule has 0 bridgehead atoms. The first-order valence-corrected chi connectivity index (χ1v) is 10.3. The molecule has 0 aliphatic rings. The SMILES string of the molecule is C[C@H](O)CNC(=O)c1cnccc1Nc1nc(-c2cc(Cl)ccc2F)nc2nc(N)ccc12. The lowest BCUT2D eigenvalue weighted by Crippen LogP contribution is -2.31. The van der Waals surface area contributed by atoms with Crippen molar-refractivity contribution < 1.29 is 14.3 Å². The summed E-state index contributed by atoms with van der Waals surface area (Å²) >= 11 is 6.04. The summed E-state index contributed by atoms with van der Waals surface area (Å²) in [5, 5.41) is 16.0. The lowest BCUT2D eigenvalue weighted by Gasteiger charge is -2.14. The molecule has 4 rings (SSSR count). The molecule has 168 valence electrons. The molecule has 1 amide bonds. The third-order valence-corrected chi connectivity index (χ3v) is 4.86. The highest BCUT2D eigenvalue weighted by Gasteiger charge is 2.17. The summed E-state index contributed by atoms with van der Waals surface area (Å²) in [6, 6.07) is 8.90. The Labute approximate surface area is 192 Å². The van der Waals surface area contributed by atoms with Gasteiger partial charge in [-0.2, -0.15) is 0 Å². The van der Waals surface area contributed by atoms with E-state index >= 15 is 0 Å². The van der Waals surface area contributed by atoms with Crippen LogP contribution in [0.5, 0.6) is 0 Å². The van der Waals surface area contributed by atoms with Crippen LogP contribution >= 0.6 is 11.6 Å². The number of amides is 1. The van der Waals surface area contributed by atoms with Crippen molar-refractivity contribution in [2.24, 2.45) is 0 Å². The third-order valence-electron chi connectivity index (χ3n) is 4.63. The van der Waals surface area contributed by atoms with Crippen LogP contribution in [0, 0.1) is 5.82 Å². The van der Waals surface area contributed by atoms with E-state index in [4.69, 9.17) is 17.3 Å². The summed E-state index contributed by atoms with van der Waals surface area (Å²) in [5.74, 6) is -0.453. The zero-order chi connectivity index (χ0) is 23.5. The van der Waals surface area contributed by atoms with Crippen LogP contribution in [0.4, 0.5) is 21.7 Å². The van der Waals surface area contributed by atoms with Crippen molar-refractivity contribution in [2.75, 3.05) is 17.6 Å². The number of carbonyl (C=O) groups excluding carboxylic acids is 1. The van der Waals surface area contributed by atoms with E-state index in [1.165, 1.54) is 30.6 Å². The van der Waals surface area contributed by atoms with Gasteiger partial charge < -0.3 is 21.5 Å². The average Bonchev–Trinajstić information content (AvgIpc) is 2.79. The van der Waals surface area contributed by atoms with E-state index in [2.05, 4.69) is 30.6 Å². The molecule has 1 aromatic carbocycles. The first-order valence-electron chi connectivity index (χ1n) is 9.89. The smallest absolute Gasteiger partial charge is 0.255 e. The van der Waals surface area contributed by atoms with Gasteiger partial charge in [0, 0.05) is 24.0 Å². The van der Waals surface area contributed by atoms with Crippen molar-refractivity contribution in [3.63, 3.8) is 0 Å². The molecule has 0 unspecified atom stereocenters. The van der Waals surface area contributed by atoms with Crippen molar-refractivity contribution in [3.05, 3.63) is 65.2 Å². The number of fused-ring (bicyclic) bond motifs is 1. The number of nitrogens with two attached hydrogens (primary N) is 1. The molecular formula is C22H19ClFN7O2. The van der Waals surface area contributed by atoms with Gasteiger partial charge in [-0.05, 0) is 43.3 Å². The fraction of sp³-hybridized carbons (Fsp3) is 0.136. The number of aromatic nitrogens is 4. The Balaban J connectivity index is 1.82. The van der Waals surface area contributed by atoms with E-state index in [1.807, 2.05) is 0 Å². The predicted molar refractivity (Wildman–Crippen MR) is 124 cm³/mol. The number of nitrogens with one attached hydrogen (secondary N) is 2. The lowest BCUT2D eigenvalue weighted by molar-refractivity contribution is 0.0924. The van der Waals surface area contributed by atoms with E-state index in [0.717, 1.165) is 0 Å². The Morgan fingerprint density at radius 3 is 2.82 bits per heavy atom. The van der Waals surface area contributed by atoms with E-state index in [0.29, 0.717) is 16.1 Å². The first-order chi connectivity index (χ1) is 15.8. The second-order valence-electron chi connectivity index (χ2n) is 7.23. The molecule has 3 heterocycles. The Morgan fingerprint density at radius 1 is 1.21 bits per heavy atom. The van der Waals surface area contributed by atoms with E-state index in [1.54, 1.807) is 25.1 Å². The number of rotatable bonds is 6. The summed E-state index contributed by atoms with van der Waals surface area (Å²) in [4.78, 5) is 29.7. The van der Waals surface area contributed by atoms with Crippen molar-refractivity contribution in [2.45, 2.75) is 13.0 Å². The highest BCUT2D eigenvalue weighted by Crippen LogP contribution is 2.30. The van der Waals surface area contributed by atoms with Crippen LogP contribution in [0.2, 0.25) is 5.02 Å². The van der Waals surface area contributed by atoms with E-state index in [-0.39, 0.29) is 40.8 Å². The van der Waals surface area contributed by atoms with Crippen molar-refractivity contribution >= 4 is 45.9 Å². The molecule has 0 spiro atoms. The molecule has 11 heteroatoms. The Kier molecular flexibility index (Phi) is 6.29. The number of benzene rings is 1. The van der Waals surface area contributed by atoms with Crippen LogP contribution in [0.15, 0.2) is 48.8 Å². The summed E-state index contributed by atoms with van der Waals surface area (Å²) in [6.07, 6.45) is 2.18. The number of nitrogen functional groups attached to an aromatic ring is 1. The number of halogens is 2. The van der Waals surface area contributed by atoms with Gasteiger partial charge in [0.25, 0.3) is 5.91 Å². The average molecular weight is 468 g/mol. The summed E-state index contributed by atoms with van der Waals surface area (Å²) < 4.78 is 14.5. The monoisotopic (exact) mass is 467 g/mol.